The van der Waals surface area contributed by atoms with Crippen LogP contribution in [0, 0.1) is 0 Å². The maximum Gasteiger partial charge on any atom is 1.00 e. The molecule has 8 aromatic rings. The fraction of sp³-hybridized carbons (Fsp3) is 0. The second kappa shape index (κ2) is 28.0. The van der Waals surface area contributed by atoms with Crippen LogP contribution < -0.4 is 177 Å². The Bertz CT molecular complexity index is 4900. The molecule has 0 fully saturated rings. The molecule has 0 unspecified atom stereocenters. The summed E-state index contributed by atoms with van der Waals surface area (Å²) in [5, 5.41) is 52.6. The van der Waals surface area contributed by atoms with Crippen molar-refractivity contribution in [1.29, 1.82) is 0 Å². The average Bonchev–Trinajstić information content (AvgIpc) is 0.829. The van der Waals surface area contributed by atoms with Gasteiger partial charge in [-0.3, -0.25) is 9.11 Å². The predicted molar refractivity (Wildman–Crippen MR) is 257 cm³/mol. The average molecular weight is 1400 g/mol. The Balaban J connectivity index is 0.00000420. The van der Waals surface area contributed by atoms with Crippen LogP contribution >= 0.6 is 0 Å². The van der Waals surface area contributed by atoms with Crippen LogP contribution in [-0.4, -0.2) is 124 Å². The fourth-order valence-corrected chi connectivity index (χ4v) is 12.5. The van der Waals surface area contributed by atoms with Crippen molar-refractivity contribution in [2.24, 2.45) is 20.5 Å². The molecule has 8 rings (SSSR count). The first-order valence-electron chi connectivity index (χ1n) is 20.2. The van der Waals surface area contributed by atoms with Gasteiger partial charge in [0.15, 0.2) is 11.5 Å². The molecular weight excluding hydrogens is 1380 g/mol. The first-order chi connectivity index (χ1) is 36.3. The molecule has 0 aliphatic rings. The minimum atomic E-state index is -6.10. The van der Waals surface area contributed by atoms with Gasteiger partial charge in [-0.1, -0.05) is 0 Å². The standard InChI is InChI=1S/C40H26N4O28S8.6Na/c45-29-13-23(77(61,62)63)3-15-1-21(75(55,56)57)11-27(35(15)29)41-43-37-31(79(67,68)69)7-17-5-19(73(49,50)51)9-25(33(17)39(37)47)26-10-20(74(52,53)54)6-18-8-32(80(70,71)72)38(40(48)34(18)26)44-42-28-12-22(76(58,59)60)2-16-4-24(78(64,65)66)14-30(46)36(16)28;;;;;;/h1-14,45-48H,(H,49,50,51)(H,52,53,54)(H,55,56,57)(H,58,59,60)(H,61,62,63)(H,64,65,66)(H,67,68,69)(H,70,71,72);;;;;;/q;6*+1/p-6. The Kier molecular flexibility index (Phi) is 26.2. The maximum atomic E-state index is 12.9. The van der Waals surface area contributed by atoms with Crippen molar-refractivity contribution in [2.45, 2.75) is 39.2 Å². The van der Waals surface area contributed by atoms with Gasteiger partial charge in [0.05, 0.1) is 61.3 Å². The third kappa shape index (κ3) is 16.8. The number of phenolic OH excluding ortho intramolecular Hbond substituents is 4. The Labute approximate surface area is 617 Å². The minimum absolute atomic E-state index is 0. The number of azo groups is 2. The Morgan fingerprint density at radius 1 is 0.291 bits per heavy atom. The number of hydrogen-bond donors (Lipinski definition) is 6. The van der Waals surface area contributed by atoms with Gasteiger partial charge in [0.2, 0.25) is 0 Å². The molecule has 0 spiro atoms. The summed E-state index contributed by atoms with van der Waals surface area (Å²) in [5.41, 5.74) is -7.51. The van der Waals surface area contributed by atoms with E-state index in [-0.39, 0.29) is 214 Å². The second-order valence-electron chi connectivity index (χ2n) is 16.3. The molecule has 0 bridgehead atoms. The van der Waals surface area contributed by atoms with Crippen LogP contribution in [0.4, 0.5) is 22.7 Å². The first-order valence-corrected chi connectivity index (χ1v) is 31.5. The summed E-state index contributed by atoms with van der Waals surface area (Å²) in [7, 11) is -45.6. The van der Waals surface area contributed by atoms with Crippen molar-refractivity contribution in [2.75, 3.05) is 0 Å². The summed E-state index contributed by atoms with van der Waals surface area (Å²) in [6.07, 6.45) is 0. The van der Waals surface area contributed by atoms with Crippen molar-refractivity contribution < 1.29 is 302 Å². The normalized spacial score (nSPS) is 12.7. The molecule has 32 nitrogen and oxygen atoms in total. The van der Waals surface area contributed by atoms with Crippen molar-refractivity contribution in [3.8, 4) is 34.1 Å². The molecule has 0 atom stereocenters. The third-order valence-electron chi connectivity index (χ3n) is 11.3. The van der Waals surface area contributed by atoms with Gasteiger partial charge in [-0.15, -0.1) is 20.5 Å². The predicted octanol–water partition coefficient (Wildman–Crippen LogP) is -14.4. The van der Waals surface area contributed by atoms with Crippen LogP contribution in [0.1, 0.15) is 0 Å². The number of rotatable bonds is 13. The number of fused-ring (bicyclic) bond motifs is 4. The van der Waals surface area contributed by atoms with E-state index in [9.17, 15) is 124 Å². The SMILES string of the molecule is O=S(=O)([O-])c1cc(O)c2c(N=Nc3c(S(=O)(=O)[O-])cc4cc(S(=O)(=O)[O-])cc(-c5cc(S(=O)(=O)[O-])cc6cc(S(=O)(=O)[O-])c(N=Nc7cc(S(=O)(=O)O)cc8cc(S(=O)(=O)O)cc(O)c78)c(O)c56)c4c3O)cc(S(=O)(=O)[O-])cc2c1.[Na+].[Na+].[Na+].[Na+].[Na+].[Na+]. The van der Waals surface area contributed by atoms with E-state index < -0.39 is 220 Å². The van der Waals surface area contributed by atoms with Crippen molar-refractivity contribution >= 4 is 147 Å². The molecular formula is C40H20N4Na6O28S8. The molecule has 86 heavy (non-hydrogen) atoms. The molecule has 0 saturated heterocycles. The van der Waals surface area contributed by atoms with Crippen LogP contribution in [0.3, 0.4) is 0 Å². The van der Waals surface area contributed by atoms with E-state index in [4.69, 9.17) is 0 Å². The van der Waals surface area contributed by atoms with E-state index in [0.717, 1.165) is 0 Å². The van der Waals surface area contributed by atoms with Crippen molar-refractivity contribution in [1.82, 2.24) is 0 Å². The smallest absolute Gasteiger partial charge is 0.744 e. The van der Waals surface area contributed by atoms with Gasteiger partial charge in [-0.2, -0.15) is 16.8 Å². The fourth-order valence-electron chi connectivity index (χ4n) is 7.99. The van der Waals surface area contributed by atoms with Gasteiger partial charge in [0.25, 0.3) is 20.2 Å². The van der Waals surface area contributed by atoms with Gasteiger partial charge < -0.3 is 47.7 Å². The number of phenols is 4. The summed E-state index contributed by atoms with van der Waals surface area (Å²) < 4.78 is 293. The van der Waals surface area contributed by atoms with Crippen LogP contribution in [0.25, 0.3) is 54.2 Å². The Morgan fingerprint density at radius 3 is 0.826 bits per heavy atom. The van der Waals surface area contributed by atoms with Crippen molar-refractivity contribution in [3.63, 3.8) is 0 Å². The van der Waals surface area contributed by atoms with Crippen molar-refractivity contribution in [3.05, 3.63) is 84.9 Å². The number of hydrogen-bond acceptors (Lipinski definition) is 30. The van der Waals surface area contributed by atoms with E-state index in [2.05, 4.69) is 20.5 Å². The van der Waals surface area contributed by atoms with E-state index in [1.165, 1.54) is 0 Å². The third-order valence-corrected chi connectivity index (χ3v) is 17.9. The molecule has 0 saturated carbocycles. The van der Waals surface area contributed by atoms with Gasteiger partial charge in [-0.05, 0) is 112 Å². The maximum absolute atomic E-state index is 12.9. The summed E-state index contributed by atoms with van der Waals surface area (Å²) >= 11 is 0. The van der Waals surface area contributed by atoms with E-state index >= 15 is 0 Å². The molecule has 8 aromatic carbocycles. The molecule has 0 heterocycles. The Morgan fingerprint density at radius 2 is 0.535 bits per heavy atom. The van der Waals surface area contributed by atoms with Crippen LogP contribution in [0.2, 0.25) is 0 Å². The zero-order valence-corrected chi connectivity index (χ0v) is 62.3. The molecule has 6 N–H and O–H groups in total. The zero-order valence-electron chi connectivity index (χ0n) is 43.8. The van der Waals surface area contributed by atoms with Crippen LogP contribution in [-0.2, 0) is 80.9 Å². The first kappa shape index (κ1) is 80.6. The zero-order chi connectivity index (χ0) is 59.7. The van der Waals surface area contributed by atoms with Crippen LogP contribution in [0.5, 0.6) is 23.0 Å². The minimum Gasteiger partial charge on any atom is -0.744 e. The number of aromatic hydroxyl groups is 4. The number of nitrogens with zero attached hydrogens (tertiary/aromatic N) is 4. The van der Waals surface area contributed by atoms with E-state index in [1.807, 2.05) is 0 Å². The summed E-state index contributed by atoms with van der Waals surface area (Å²) in [6.45, 7) is 0. The second-order valence-corrected chi connectivity index (χ2v) is 27.4. The summed E-state index contributed by atoms with van der Waals surface area (Å²) in [4.78, 5) is -11.2. The molecule has 0 amide bonds. The monoisotopic (exact) mass is 1400 g/mol. The summed E-state index contributed by atoms with van der Waals surface area (Å²) in [6, 6.07) is 4.75. The topological polar surface area (TPSA) is 582 Å². The van der Waals surface area contributed by atoms with Gasteiger partial charge in [-0.25, -0.2) is 50.5 Å². The molecule has 0 aliphatic carbocycles. The number of benzene rings is 8. The Hall–Kier alpha value is -1.52. The summed E-state index contributed by atoms with van der Waals surface area (Å²) in [5.74, 6) is -5.79. The van der Waals surface area contributed by atoms with Gasteiger partial charge in [0.1, 0.15) is 83.6 Å². The molecule has 0 aromatic heterocycles. The van der Waals surface area contributed by atoms with E-state index in [0.29, 0.717) is 48.5 Å². The molecule has 46 heteroatoms. The molecule has 422 valence electrons. The van der Waals surface area contributed by atoms with Crippen LogP contribution in [0.15, 0.2) is 145 Å². The largest absolute Gasteiger partial charge is 1.00 e. The van der Waals surface area contributed by atoms with E-state index in [1.54, 1.807) is 0 Å². The molecule has 0 radical (unpaired) electrons. The molecule has 0 aliphatic heterocycles. The van der Waals surface area contributed by atoms with Gasteiger partial charge in [0, 0.05) is 16.8 Å². The van der Waals surface area contributed by atoms with Gasteiger partial charge >= 0.3 is 177 Å². The quantitative estimate of drug-likeness (QED) is 0.0355.